The summed E-state index contributed by atoms with van der Waals surface area (Å²) in [6.45, 7) is 0.782. The summed E-state index contributed by atoms with van der Waals surface area (Å²) >= 11 is 0. The lowest BCUT2D eigenvalue weighted by Crippen LogP contribution is -2.22. The maximum Gasteiger partial charge on any atom is 0.169 e. The summed E-state index contributed by atoms with van der Waals surface area (Å²) in [6, 6.07) is 7.35. The smallest absolute Gasteiger partial charge is 0.169 e. The van der Waals surface area contributed by atoms with E-state index in [0.29, 0.717) is 17.7 Å². The van der Waals surface area contributed by atoms with Gasteiger partial charge in [-0.2, -0.15) is 0 Å². The van der Waals surface area contributed by atoms with Gasteiger partial charge in [-0.3, -0.25) is 4.79 Å². The molecule has 1 aliphatic rings. The third-order valence-electron chi connectivity index (χ3n) is 3.09. The molecule has 2 rings (SSSR count). The number of methoxy groups -OCH3 is 1. The van der Waals surface area contributed by atoms with Gasteiger partial charge in [-0.25, -0.2) is 0 Å². The largest absolute Gasteiger partial charge is 0.496 e. The van der Waals surface area contributed by atoms with Gasteiger partial charge < -0.3 is 9.47 Å². The summed E-state index contributed by atoms with van der Waals surface area (Å²) in [6.07, 6.45) is 3.80. The van der Waals surface area contributed by atoms with Crippen molar-refractivity contribution in [1.82, 2.24) is 0 Å². The second-order valence-electron chi connectivity index (χ2n) is 4.32. The lowest BCUT2D eigenvalue weighted by atomic mass is 9.99. The van der Waals surface area contributed by atoms with Crippen molar-refractivity contribution in [3.05, 3.63) is 29.8 Å². The van der Waals surface area contributed by atoms with Gasteiger partial charge in [-0.05, 0) is 31.4 Å². The first-order valence-corrected chi connectivity index (χ1v) is 6.09. The van der Waals surface area contributed by atoms with Crippen LogP contribution in [-0.4, -0.2) is 25.6 Å². The first kappa shape index (κ1) is 12.1. The number of rotatable bonds is 4. The van der Waals surface area contributed by atoms with Crippen LogP contribution in [-0.2, 0) is 4.74 Å². The van der Waals surface area contributed by atoms with Gasteiger partial charge in [0.05, 0.1) is 18.8 Å². The predicted octanol–water partition coefficient (Wildman–Crippen LogP) is 2.84. The van der Waals surface area contributed by atoms with E-state index < -0.39 is 0 Å². The lowest BCUT2D eigenvalue weighted by Gasteiger charge is -2.22. The van der Waals surface area contributed by atoms with Crippen molar-refractivity contribution >= 4 is 5.78 Å². The van der Waals surface area contributed by atoms with Gasteiger partial charge in [0.15, 0.2) is 5.78 Å². The average Bonchev–Trinajstić information content (AvgIpc) is 2.40. The van der Waals surface area contributed by atoms with E-state index >= 15 is 0 Å². The number of Topliss-reactive ketones (excluding diaryl/α,β-unsaturated/α-hetero) is 1. The van der Waals surface area contributed by atoms with Gasteiger partial charge >= 0.3 is 0 Å². The number of carbonyl (C=O) groups excluding carboxylic acids is 1. The van der Waals surface area contributed by atoms with Crippen LogP contribution in [0.3, 0.4) is 0 Å². The molecule has 1 fully saturated rings. The molecule has 92 valence electrons. The van der Waals surface area contributed by atoms with Crippen molar-refractivity contribution in [3.63, 3.8) is 0 Å². The molecule has 1 atom stereocenters. The molecule has 0 N–H and O–H groups in total. The van der Waals surface area contributed by atoms with E-state index in [9.17, 15) is 4.79 Å². The van der Waals surface area contributed by atoms with Crippen LogP contribution < -0.4 is 4.74 Å². The Morgan fingerprint density at radius 3 is 2.94 bits per heavy atom. The van der Waals surface area contributed by atoms with Crippen molar-refractivity contribution in [2.24, 2.45) is 0 Å². The summed E-state index contributed by atoms with van der Waals surface area (Å²) in [7, 11) is 1.59. The zero-order valence-corrected chi connectivity index (χ0v) is 10.1. The van der Waals surface area contributed by atoms with Crippen LogP contribution in [0.1, 0.15) is 36.0 Å². The molecule has 0 spiro atoms. The molecule has 1 unspecified atom stereocenters. The van der Waals surface area contributed by atoms with E-state index in [1.54, 1.807) is 7.11 Å². The fourth-order valence-corrected chi connectivity index (χ4v) is 2.16. The highest BCUT2D eigenvalue weighted by Gasteiger charge is 2.20. The fourth-order valence-electron chi connectivity index (χ4n) is 2.16. The third kappa shape index (κ3) is 3.07. The molecule has 1 heterocycles. The number of ketones is 1. The average molecular weight is 234 g/mol. The predicted molar refractivity (Wildman–Crippen MR) is 65.5 cm³/mol. The maximum absolute atomic E-state index is 12.1. The Bertz CT molecular complexity index is 381. The first-order valence-electron chi connectivity index (χ1n) is 6.09. The molecule has 3 nitrogen and oxygen atoms in total. The van der Waals surface area contributed by atoms with Gasteiger partial charge in [0.2, 0.25) is 0 Å². The van der Waals surface area contributed by atoms with Gasteiger partial charge in [0, 0.05) is 13.0 Å². The Labute approximate surface area is 102 Å². The fraction of sp³-hybridized carbons (Fsp3) is 0.500. The molecule has 0 aliphatic carbocycles. The summed E-state index contributed by atoms with van der Waals surface area (Å²) in [5.74, 6) is 0.752. The summed E-state index contributed by atoms with van der Waals surface area (Å²) in [5, 5.41) is 0. The number of para-hydroxylation sites is 1. The second kappa shape index (κ2) is 5.82. The molecule has 0 amide bonds. The molecule has 1 aromatic rings. The second-order valence-corrected chi connectivity index (χ2v) is 4.32. The van der Waals surface area contributed by atoms with Crippen LogP contribution in [0.5, 0.6) is 5.75 Å². The van der Waals surface area contributed by atoms with Crippen molar-refractivity contribution in [1.29, 1.82) is 0 Å². The molecule has 17 heavy (non-hydrogen) atoms. The van der Waals surface area contributed by atoms with Crippen molar-refractivity contribution in [2.75, 3.05) is 13.7 Å². The van der Waals surface area contributed by atoms with E-state index in [-0.39, 0.29) is 11.9 Å². The molecule has 1 aromatic carbocycles. The molecule has 0 bridgehead atoms. The molecule has 3 heteroatoms. The van der Waals surface area contributed by atoms with E-state index in [4.69, 9.17) is 9.47 Å². The monoisotopic (exact) mass is 234 g/mol. The summed E-state index contributed by atoms with van der Waals surface area (Å²) < 4.78 is 10.8. The van der Waals surface area contributed by atoms with Crippen LogP contribution in [0, 0.1) is 0 Å². The Morgan fingerprint density at radius 1 is 1.41 bits per heavy atom. The van der Waals surface area contributed by atoms with Crippen molar-refractivity contribution in [2.45, 2.75) is 31.8 Å². The van der Waals surface area contributed by atoms with Crippen LogP contribution in [0.2, 0.25) is 0 Å². The lowest BCUT2D eigenvalue weighted by molar-refractivity contribution is 0.0128. The Kier molecular flexibility index (Phi) is 4.15. The minimum Gasteiger partial charge on any atom is -0.496 e. The molecular formula is C14H18O3. The van der Waals surface area contributed by atoms with E-state index in [0.717, 1.165) is 25.9 Å². The Hall–Kier alpha value is -1.35. The number of benzene rings is 1. The zero-order chi connectivity index (χ0) is 12.1. The van der Waals surface area contributed by atoms with Crippen LogP contribution in [0.25, 0.3) is 0 Å². The highest BCUT2D eigenvalue weighted by Crippen LogP contribution is 2.22. The molecule has 0 saturated carbocycles. The minimum atomic E-state index is 0.0844. The topological polar surface area (TPSA) is 35.5 Å². The van der Waals surface area contributed by atoms with E-state index in [1.807, 2.05) is 24.3 Å². The zero-order valence-electron chi connectivity index (χ0n) is 10.1. The summed E-state index contributed by atoms with van der Waals surface area (Å²) in [4.78, 5) is 12.1. The summed E-state index contributed by atoms with van der Waals surface area (Å²) in [5.41, 5.74) is 0.657. The molecular weight excluding hydrogens is 216 g/mol. The van der Waals surface area contributed by atoms with Crippen LogP contribution in [0.4, 0.5) is 0 Å². The number of hydrogen-bond donors (Lipinski definition) is 0. The third-order valence-corrected chi connectivity index (χ3v) is 3.09. The minimum absolute atomic E-state index is 0.0844. The molecule has 1 saturated heterocycles. The number of hydrogen-bond acceptors (Lipinski definition) is 3. The molecule has 1 aliphatic heterocycles. The van der Waals surface area contributed by atoms with Gasteiger partial charge in [-0.1, -0.05) is 12.1 Å². The highest BCUT2D eigenvalue weighted by molar-refractivity contribution is 5.98. The SMILES string of the molecule is COc1ccccc1C(=O)CC1CCCCO1. The highest BCUT2D eigenvalue weighted by atomic mass is 16.5. The van der Waals surface area contributed by atoms with E-state index in [2.05, 4.69) is 0 Å². The standard InChI is InChI=1S/C14H18O3/c1-16-14-8-3-2-7-12(14)13(15)10-11-6-4-5-9-17-11/h2-3,7-8,11H,4-6,9-10H2,1H3. The van der Waals surface area contributed by atoms with Crippen molar-refractivity contribution < 1.29 is 14.3 Å². The van der Waals surface area contributed by atoms with Crippen LogP contribution >= 0.6 is 0 Å². The molecule has 0 radical (unpaired) electrons. The Balaban J connectivity index is 2.03. The van der Waals surface area contributed by atoms with Gasteiger partial charge in [0.1, 0.15) is 5.75 Å². The van der Waals surface area contributed by atoms with Gasteiger partial charge in [-0.15, -0.1) is 0 Å². The Morgan fingerprint density at radius 2 is 2.24 bits per heavy atom. The van der Waals surface area contributed by atoms with Crippen LogP contribution in [0.15, 0.2) is 24.3 Å². The molecule has 0 aromatic heterocycles. The maximum atomic E-state index is 12.1. The van der Waals surface area contributed by atoms with Gasteiger partial charge in [0.25, 0.3) is 0 Å². The normalized spacial score (nSPS) is 19.9. The van der Waals surface area contributed by atoms with Crippen molar-refractivity contribution in [3.8, 4) is 5.75 Å². The van der Waals surface area contributed by atoms with E-state index in [1.165, 1.54) is 0 Å². The quantitative estimate of drug-likeness (QED) is 0.751. The first-order chi connectivity index (χ1) is 8.31. The number of carbonyl (C=O) groups is 1. The number of ether oxygens (including phenoxy) is 2.